The van der Waals surface area contributed by atoms with Gasteiger partial charge in [0.15, 0.2) is 23.6 Å². The topological polar surface area (TPSA) is 162 Å². The van der Waals surface area contributed by atoms with Gasteiger partial charge in [-0.05, 0) is 37.3 Å². The summed E-state index contributed by atoms with van der Waals surface area (Å²) in [5.74, 6) is -1.39. The number of aromatic hydroxyl groups is 3. The number of hydrogen-bond donors (Lipinski definition) is 4. The number of nitrogens with two attached hydrogens (primary N) is 1. The van der Waals surface area contributed by atoms with Gasteiger partial charge in [-0.25, -0.2) is 0 Å². The molecular weight excluding hydrogens is 417 g/mol. The summed E-state index contributed by atoms with van der Waals surface area (Å²) in [7, 11) is -3.66. The highest BCUT2D eigenvalue weighted by Gasteiger charge is 2.26. The highest BCUT2D eigenvalue weighted by Crippen LogP contribution is 2.48. The zero-order chi connectivity index (χ0) is 21.9. The minimum absolute atomic E-state index is 0.0561. The summed E-state index contributed by atoms with van der Waals surface area (Å²) < 4.78 is 33.4. The van der Waals surface area contributed by atoms with Crippen molar-refractivity contribution in [3.05, 3.63) is 46.6 Å². The molecule has 3 rings (SSSR count). The number of benzene rings is 2. The number of phenols is 2. The van der Waals surface area contributed by atoms with Crippen molar-refractivity contribution in [2.24, 2.45) is 5.73 Å². The van der Waals surface area contributed by atoms with Crippen LogP contribution in [0, 0.1) is 0 Å². The van der Waals surface area contributed by atoms with Gasteiger partial charge in [-0.1, -0.05) is 0 Å². The summed E-state index contributed by atoms with van der Waals surface area (Å²) in [6.07, 6.45) is -0.531. The van der Waals surface area contributed by atoms with Crippen LogP contribution in [0.3, 0.4) is 0 Å². The van der Waals surface area contributed by atoms with Gasteiger partial charge in [0.25, 0.3) is 0 Å². The molecule has 1 unspecified atom stereocenters. The Balaban J connectivity index is 2.00. The minimum atomic E-state index is -3.66. The maximum Gasteiger partial charge on any atom is 0.368 e. The van der Waals surface area contributed by atoms with Gasteiger partial charge in [0.05, 0.1) is 12.0 Å². The van der Waals surface area contributed by atoms with Gasteiger partial charge in [-0.2, -0.15) is 0 Å². The number of rotatable bonds is 8. The van der Waals surface area contributed by atoms with E-state index in [1.54, 1.807) is 6.92 Å². The molecule has 0 spiro atoms. The average molecular weight is 437 g/mol. The van der Waals surface area contributed by atoms with Crippen LogP contribution in [0.4, 0.5) is 0 Å². The molecule has 0 aliphatic rings. The zero-order valence-electron chi connectivity index (χ0n) is 15.9. The molecule has 3 aromatic rings. The standard InChI is InChI=1S/C19H20NO9P/c1-2-27-30(25,28-9-20)10-26-16-7-11(3-6-14(16)22)19-18(24)17(23)13-5-4-12(21)8-15(13)29-19/h3-8,21-22,24H,2,9-10,20H2,1H3. The van der Waals surface area contributed by atoms with E-state index in [0.29, 0.717) is 0 Å². The molecule has 5 N–H and O–H groups in total. The Bertz CT molecular complexity index is 1160. The Morgan fingerprint density at radius 2 is 1.87 bits per heavy atom. The number of ether oxygens (including phenoxy) is 1. The van der Waals surface area contributed by atoms with Crippen molar-refractivity contribution in [2.45, 2.75) is 6.92 Å². The molecule has 0 bridgehead atoms. The van der Waals surface area contributed by atoms with Crippen LogP contribution >= 0.6 is 7.60 Å². The van der Waals surface area contributed by atoms with Gasteiger partial charge in [0.1, 0.15) is 18.1 Å². The first-order valence-corrected chi connectivity index (χ1v) is 10.5. The van der Waals surface area contributed by atoms with Crippen LogP contribution in [0.5, 0.6) is 23.0 Å². The summed E-state index contributed by atoms with van der Waals surface area (Å²) in [6.45, 7) is 1.36. The largest absolute Gasteiger partial charge is 0.508 e. The van der Waals surface area contributed by atoms with Crippen molar-refractivity contribution >= 4 is 18.6 Å². The second kappa shape index (κ2) is 8.76. The van der Waals surface area contributed by atoms with Crippen LogP contribution in [-0.2, 0) is 13.6 Å². The Kier molecular flexibility index (Phi) is 6.33. The smallest absolute Gasteiger partial charge is 0.368 e. The monoisotopic (exact) mass is 437 g/mol. The molecule has 2 aromatic carbocycles. The van der Waals surface area contributed by atoms with Crippen molar-refractivity contribution in [1.29, 1.82) is 0 Å². The lowest BCUT2D eigenvalue weighted by Gasteiger charge is -2.18. The molecule has 0 fully saturated rings. The van der Waals surface area contributed by atoms with Gasteiger partial charge in [-0.3, -0.25) is 13.9 Å². The highest BCUT2D eigenvalue weighted by atomic mass is 31.2. The first-order valence-electron chi connectivity index (χ1n) is 8.81. The van der Waals surface area contributed by atoms with Crippen molar-refractivity contribution in [1.82, 2.24) is 0 Å². The first-order chi connectivity index (χ1) is 14.3. The lowest BCUT2D eigenvalue weighted by atomic mass is 10.1. The fraction of sp³-hybridized carbons (Fsp3) is 0.211. The Morgan fingerprint density at radius 3 is 2.57 bits per heavy atom. The summed E-state index contributed by atoms with van der Waals surface area (Å²) in [4.78, 5) is 12.4. The number of hydrogen-bond acceptors (Lipinski definition) is 10. The lowest BCUT2D eigenvalue weighted by molar-refractivity contribution is 0.192. The van der Waals surface area contributed by atoms with Crippen molar-refractivity contribution < 1.29 is 38.1 Å². The van der Waals surface area contributed by atoms with Crippen LogP contribution in [0.1, 0.15) is 6.92 Å². The fourth-order valence-corrected chi connectivity index (χ4v) is 3.85. The van der Waals surface area contributed by atoms with E-state index in [4.69, 9.17) is 23.9 Å². The summed E-state index contributed by atoms with van der Waals surface area (Å²) >= 11 is 0. The predicted octanol–water partition coefficient (Wildman–Crippen LogP) is 3.08. The summed E-state index contributed by atoms with van der Waals surface area (Å²) in [5.41, 5.74) is 4.81. The van der Waals surface area contributed by atoms with Crippen LogP contribution in [-0.4, -0.2) is 35.0 Å². The fourth-order valence-electron chi connectivity index (χ4n) is 2.71. The molecule has 30 heavy (non-hydrogen) atoms. The van der Waals surface area contributed by atoms with Crippen LogP contribution < -0.4 is 15.9 Å². The van der Waals surface area contributed by atoms with E-state index in [2.05, 4.69) is 0 Å². The van der Waals surface area contributed by atoms with Crippen molar-refractivity contribution in [3.63, 3.8) is 0 Å². The maximum atomic E-state index is 12.5. The number of fused-ring (bicyclic) bond motifs is 1. The van der Waals surface area contributed by atoms with Crippen LogP contribution in [0.25, 0.3) is 22.3 Å². The molecule has 0 saturated carbocycles. The van der Waals surface area contributed by atoms with Crippen molar-refractivity contribution in [3.8, 4) is 34.3 Å². The number of phenolic OH excluding ortho intramolecular Hbond substituents is 2. The first kappa shape index (κ1) is 21.7. The average Bonchev–Trinajstić information content (AvgIpc) is 2.70. The van der Waals surface area contributed by atoms with Gasteiger partial charge >= 0.3 is 7.60 Å². The minimum Gasteiger partial charge on any atom is -0.508 e. The predicted molar refractivity (Wildman–Crippen MR) is 108 cm³/mol. The zero-order valence-corrected chi connectivity index (χ0v) is 16.8. The van der Waals surface area contributed by atoms with E-state index < -0.39 is 25.1 Å². The lowest BCUT2D eigenvalue weighted by Crippen LogP contribution is -2.10. The Morgan fingerprint density at radius 1 is 1.10 bits per heavy atom. The van der Waals surface area contributed by atoms with E-state index in [9.17, 15) is 24.7 Å². The summed E-state index contributed by atoms with van der Waals surface area (Å²) in [5, 5.41) is 30.1. The van der Waals surface area contributed by atoms with E-state index in [1.807, 2.05) is 0 Å². The molecule has 0 aliphatic carbocycles. The highest BCUT2D eigenvalue weighted by molar-refractivity contribution is 7.53. The molecule has 10 nitrogen and oxygen atoms in total. The molecular formula is C19H20NO9P. The van der Waals surface area contributed by atoms with E-state index in [0.717, 1.165) is 0 Å². The molecule has 0 saturated heterocycles. The third kappa shape index (κ3) is 4.42. The molecule has 1 heterocycles. The SMILES string of the molecule is CCOP(=O)(COc1cc(-c2oc3cc(O)ccc3c(=O)c2O)ccc1O)OCN. The molecule has 0 amide bonds. The second-order valence-electron chi connectivity index (χ2n) is 6.07. The quantitative estimate of drug-likeness (QED) is 0.304. The molecule has 11 heteroatoms. The van der Waals surface area contributed by atoms with Gasteiger partial charge < -0.3 is 34.7 Å². The van der Waals surface area contributed by atoms with E-state index >= 15 is 0 Å². The van der Waals surface area contributed by atoms with E-state index in [-0.39, 0.29) is 52.9 Å². The molecule has 1 aromatic heterocycles. The van der Waals surface area contributed by atoms with Crippen LogP contribution in [0.2, 0.25) is 0 Å². The second-order valence-corrected chi connectivity index (χ2v) is 8.07. The Labute approximate surface area is 170 Å². The molecule has 0 aliphatic heterocycles. The Hall–Kier alpha value is -3.04. The third-order valence-electron chi connectivity index (χ3n) is 4.05. The normalized spacial score (nSPS) is 13.3. The summed E-state index contributed by atoms with van der Waals surface area (Å²) in [6, 6.07) is 7.76. The van der Waals surface area contributed by atoms with Gasteiger partial charge in [0, 0.05) is 11.6 Å². The molecule has 1 atom stereocenters. The molecule has 160 valence electrons. The van der Waals surface area contributed by atoms with Crippen LogP contribution in [0.15, 0.2) is 45.6 Å². The van der Waals surface area contributed by atoms with Gasteiger partial charge in [-0.15, -0.1) is 0 Å². The van der Waals surface area contributed by atoms with Crippen molar-refractivity contribution in [2.75, 3.05) is 19.7 Å². The van der Waals surface area contributed by atoms with Gasteiger partial charge in [0.2, 0.25) is 11.2 Å². The third-order valence-corrected chi connectivity index (χ3v) is 5.69. The van der Waals surface area contributed by atoms with E-state index in [1.165, 1.54) is 36.4 Å². The maximum absolute atomic E-state index is 12.5. The molecule has 0 radical (unpaired) electrons.